The predicted molar refractivity (Wildman–Crippen MR) is 58.7 cm³/mol. The summed E-state index contributed by atoms with van der Waals surface area (Å²) in [5.41, 5.74) is 2.20. The SMILES string of the molecule is CCCc1nn2cc(C)cnc2c1C(=O)O. The molecule has 0 aliphatic rings. The third kappa shape index (κ3) is 1.64. The number of hydrogen-bond acceptors (Lipinski definition) is 3. The highest BCUT2D eigenvalue weighted by atomic mass is 16.4. The molecule has 2 heterocycles. The van der Waals surface area contributed by atoms with Crippen molar-refractivity contribution in [2.45, 2.75) is 26.7 Å². The van der Waals surface area contributed by atoms with Gasteiger partial charge in [-0.1, -0.05) is 13.3 Å². The zero-order valence-corrected chi connectivity index (χ0v) is 9.27. The van der Waals surface area contributed by atoms with Crippen molar-refractivity contribution in [3.05, 3.63) is 29.2 Å². The molecule has 2 rings (SSSR count). The van der Waals surface area contributed by atoms with Crippen LogP contribution >= 0.6 is 0 Å². The number of carbonyl (C=O) groups is 1. The van der Waals surface area contributed by atoms with Gasteiger partial charge in [0.05, 0.1) is 5.69 Å². The average molecular weight is 219 g/mol. The van der Waals surface area contributed by atoms with Gasteiger partial charge in [-0.15, -0.1) is 0 Å². The van der Waals surface area contributed by atoms with Crippen molar-refractivity contribution in [2.24, 2.45) is 0 Å². The highest BCUT2D eigenvalue weighted by Crippen LogP contribution is 2.15. The van der Waals surface area contributed by atoms with E-state index in [4.69, 9.17) is 5.11 Å². The van der Waals surface area contributed by atoms with Gasteiger partial charge in [0.1, 0.15) is 5.56 Å². The van der Waals surface area contributed by atoms with Crippen LogP contribution in [0.1, 0.15) is 35.0 Å². The van der Waals surface area contributed by atoms with Crippen LogP contribution in [0.2, 0.25) is 0 Å². The molecule has 2 aromatic rings. The highest BCUT2D eigenvalue weighted by Gasteiger charge is 2.19. The summed E-state index contributed by atoms with van der Waals surface area (Å²) in [5.74, 6) is -0.963. The van der Waals surface area contributed by atoms with E-state index in [-0.39, 0.29) is 5.56 Å². The van der Waals surface area contributed by atoms with Crippen molar-refractivity contribution < 1.29 is 9.90 Å². The summed E-state index contributed by atoms with van der Waals surface area (Å²) >= 11 is 0. The average Bonchev–Trinajstić information content (AvgIpc) is 2.55. The number of aromatic nitrogens is 3. The highest BCUT2D eigenvalue weighted by molar-refractivity contribution is 5.95. The summed E-state index contributed by atoms with van der Waals surface area (Å²) in [5, 5.41) is 13.4. The standard InChI is InChI=1S/C11H13N3O2/c1-3-4-8-9(11(15)16)10-12-5-7(2)6-14(10)13-8/h5-6H,3-4H2,1-2H3,(H,15,16). The number of aromatic carboxylic acids is 1. The minimum Gasteiger partial charge on any atom is -0.477 e. The second-order valence-corrected chi connectivity index (χ2v) is 3.78. The fourth-order valence-corrected chi connectivity index (χ4v) is 1.70. The van der Waals surface area contributed by atoms with E-state index in [9.17, 15) is 4.79 Å². The molecule has 5 heteroatoms. The van der Waals surface area contributed by atoms with Crippen molar-refractivity contribution in [3.63, 3.8) is 0 Å². The van der Waals surface area contributed by atoms with Gasteiger partial charge in [-0.05, 0) is 18.9 Å². The number of aryl methyl sites for hydroxylation is 2. The van der Waals surface area contributed by atoms with Crippen LogP contribution in [0.4, 0.5) is 0 Å². The van der Waals surface area contributed by atoms with Gasteiger partial charge in [-0.2, -0.15) is 5.10 Å². The summed E-state index contributed by atoms with van der Waals surface area (Å²) in [4.78, 5) is 15.3. The lowest BCUT2D eigenvalue weighted by Gasteiger charge is -1.95. The van der Waals surface area contributed by atoms with Crippen LogP contribution in [-0.4, -0.2) is 25.7 Å². The topological polar surface area (TPSA) is 67.5 Å². The molecule has 16 heavy (non-hydrogen) atoms. The van der Waals surface area contributed by atoms with E-state index in [1.807, 2.05) is 13.8 Å². The molecular weight excluding hydrogens is 206 g/mol. The molecule has 0 bridgehead atoms. The second-order valence-electron chi connectivity index (χ2n) is 3.78. The molecule has 0 spiro atoms. The Balaban J connectivity index is 2.70. The normalized spacial score (nSPS) is 10.9. The van der Waals surface area contributed by atoms with E-state index >= 15 is 0 Å². The summed E-state index contributed by atoms with van der Waals surface area (Å²) in [6.45, 7) is 3.89. The maximum absolute atomic E-state index is 11.2. The molecule has 1 N–H and O–H groups in total. The second kappa shape index (κ2) is 3.92. The molecule has 0 fully saturated rings. The predicted octanol–water partition coefficient (Wildman–Crippen LogP) is 1.69. The van der Waals surface area contributed by atoms with Crippen molar-refractivity contribution in [1.29, 1.82) is 0 Å². The minimum atomic E-state index is -0.963. The number of fused-ring (bicyclic) bond motifs is 1. The molecule has 0 aliphatic heterocycles. The quantitative estimate of drug-likeness (QED) is 0.852. The summed E-state index contributed by atoms with van der Waals surface area (Å²) in [6, 6.07) is 0. The fourth-order valence-electron chi connectivity index (χ4n) is 1.70. The van der Waals surface area contributed by atoms with E-state index in [0.717, 1.165) is 12.0 Å². The third-order valence-electron chi connectivity index (χ3n) is 2.37. The molecule has 2 aromatic heterocycles. The van der Waals surface area contributed by atoms with E-state index in [0.29, 0.717) is 17.8 Å². The Morgan fingerprint density at radius 2 is 2.31 bits per heavy atom. The van der Waals surface area contributed by atoms with Gasteiger partial charge in [0, 0.05) is 12.4 Å². The Morgan fingerprint density at radius 1 is 1.56 bits per heavy atom. The first-order valence-electron chi connectivity index (χ1n) is 5.20. The molecular formula is C11H13N3O2. The molecule has 5 nitrogen and oxygen atoms in total. The molecule has 0 saturated carbocycles. The van der Waals surface area contributed by atoms with Crippen LogP contribution in [0.5, 0.6) is 0 Å². The van der Waals surface area contributed by atoms with Gasteiger partial charge < -0.3 is 5.11 Å². The molecule has 0 saturated heterocycles. The third-order valence-corrected chi connectivity index (χ3v) is 2.37. The van der Waals surface area contributed by atoms with E-state index in [1.165, 1.54) is 0 Å². The fraction of sp³-hybridized carbons (Fsp3) is 0.364. The zero-order valence-electron chi connectivity index (χ0n) is 9.27. The van der Waals surface area contributed by atoms with Crippen LogP contribution in [0.15, 0.2) is 12.4 Å². The lowest BCUT2D eigenvalue weighted by molar-refractivity contribution is 0.0697. The minimum absolute atomic E-state index is 0.224. The zero-order chi connectivity index (χ0) is 11.7. The van der Waals surface area contributed by atoms with Crippen LogP contribution in [0, 0.1) is 6.92 Å². The molecule has 0 atom stereocenters. The molecule has 0 radical (unpaired) electrons. The monoisotopic (exact) mass is 219 g/mol. The maximum Gasteiger partial charge on any atom is 0.341 e. The number of hydrogen-bond donors (Lipinski definition) is 1. The maximum atomic E-state index is 11.2. The summed E-state index contributed by atoms with van der Waals surface area (Å²) < 4.78 is 1.55. The molecule has 84 valence electrons. The van der Waals surface area contributed by atoms with Gasteiger partial charge in [0.15, 0.2) is 5.65 Å². The Hall–Kier alpha value is -1.91. The lowest BCUT2D eigenvalue weighted by Crippen LogP contribution is -2.01. The number of rotatable bonds is 3. The molecule has 0 aliphatic carbocycles. The smallest absolute Gasteiger partial charge is 0.341 e. The summed E-state index contributed by atoms with van der Waals surface area (Å²) in [7, 11) is 0. The first-order valence-corrected chi connectivity index (χ1v) is 5.20. The Morgan fingerprint density at radius 3 is 2.94 bits per heavy atom. The van der Waals surface area contributed by atoms with Crippen LogP contribution in [-0.2, 0) is 6.42 Å². The van der Waals surface area contributed by atoms with Gasteiger partial charge in [-0.25, -0.2) is 14.3 Å². The van der Waals surface area contributed by atoms with E-state index < -0.39 is 5.97 Å². The van der Waals surface area contributed by atoms with Crippen molar-refractivity contribution >= 4 is 11.6 Å². The first-order chi connectivity index (χ1) is 7.63. The number of carboxylic acids is 1. The van der Waals surface area contributed by atoms with E-state index in [2.05, 4.69) is 10.1 Å². The van der Waals surface area contributed by atoms with Gasteiger partial charge in [-0.3, -0.25) is 0 Å². The Bertz CT molecular complexity index is 545. The van der Waals surface area contributed by atoms with Gasteiger partial charge in [0.25, 0.3) is 0 Å². The summed E-state index contributed by atoms with van der Waals surface area (Å²) in [6.07, 6.45) is 4.96. The number of carboxylic acid groups (broad SMARTS) is 1. The largest absolute Gasteiger partial charge is 0.477 e. The first kappa shape index (κ1) is 10.6. The van der Waals surface area contributed by atoms with Gasteiger partial charge in [0.2, 0.25) is 0 Å². The van der Waals surface area contributed by atoms with Crippen LogP contribution < -0.4 is 0 Å². The van der Waals surface area contributed by atoms with Crippen LogP contribution in [0.3, 0.4) is 0 Å². The van der Waals surface area contributed by atoms with Crippen molar-refractivity contribution in [1.82, 2.24) is 14.6 Å². The molecule has 0 aromatic carbocycles. The molecule has 0 amide bonds. The Labute approximate surface area is 92.7 Å². The van der Waals surface area contributed by atoms with Crippen molar-refractivity contribution in [2.75, 3.05) is 0 Å². The number of nitrogens with zero attached hydrogens (tertiary/aromatic N) is 3. The Kier molecular flexibility index (Phi) is 2.60. The lowest BCUT2D eigenvalue weighted by atomic mass is 10.1. The molecule has 0 unspecified atom stereocenters. The van der Waals surface area contributed by atoms with Gasteiger partial charge >= 0.3 is 5.97 Å². The van der Waals surface area contributed by atoms with Crippen molar-refractivity contribution in [3.8, 4) is 0 Å². The van der Waals surface area contributed by atoms with E-state index in [1.54, 1.807) is 16.9 Å². The van der Waals surface area contributed by atoms with Crippen LogP contribution in [0.25, 0.3) is 5.65 Å².